The standard InChI is InChI=1S/C13H13ClN2OS/c1-7-5-4-6-10(14)11(7)16-13(17)12-8(2)15-9(3)18-12/h4-6H,1-3H3,(H,16,17). The van der Waals surface area contributed by atoms with E-state index in [1.165, 1.54) is 11.3 Å². The monoisotopic (exact) mass is 280 g/mol. The van der Waals surface area contributed by atoms with Crippen LogP contribution in [0.4, 0.5) is 5.69 Å². The highest BCUT2D eigenvalue weighted by molar-refractivity contribution is 7.13. The summed E-state index contributed by atoms with van der Waals surface area (Å²) in [7, 11) is 0. The molecule has 94 valence electrons. The number of anilines is 1. The Morgan fingerprint density at radius 2 is 2.06 bits per heavy atom. The van der Waals surface area contributed by atoms with Gasteiger partial charge < -0.3 is 5.32 Å². The van der Waals surface area contributed by atoms with Gasteiger partial charge in [-0.15, -0.1) is 11.3 Å². The van der Waals surface area contributed by atoms with Crippen molar-refractivity contribution in [3.63, 3.8) is 0 Å². The lowest BCUT2D eigenvalue weighted by atomic mass is 10.2. The lowest BCUT2D eigenvalue weighted by Gasteiger charge is -2.09. The average Bonchev–Trinajstić information content (AvgIpc) is 2.63. The molecule has 0 aliphatic carbocycles. The second-order valence-electron chi connectivity index (χ2n) is 4.03. The Bertz CT molecular complexity index is 587. The van der Waals surface area contributed by atoms with Gasteiger partial charge in [0.25, 0.3) is 5.91 Å². The zero-order valence-corrected chi connectivity index (χ0v) is 11.9. The molecule has 0 aliphatic heterocycles. The molecule has 0 bridgehead atoms. The molecular formula is C13H13ClN2OS. The number of carbonyl (C=O) groups is 1. The van der Waals surface area contributed by atoms with Crippen LogP contribution in [-0.4, -0.2) is 10.9 Å². The summed E-state index contributed by atoms with van der Waals surface area (Å²) in [5.41, 5.74) is 2.35. The number of aromatic nitrogens is 1. The van der Waals surface area contributed by atoms with E-state index in [4.69, 9.17) is 11.6 Å². The maximum atomic E-state index is 12.2. The maximum Gasteiger partial charge on any atom is 0.267 e. The zero-order valence-electron chi connectivity index (χ0n) is 10.4. The maximum absolute atomic E-state index is 12.2. The highest BCUT2D eigenvalue weighted by Gasteiger charge is 2.15. The molecule has 0 saturated carbocycles. The largest absolute Gasteiger partial charge is 0.320 e. The number of nitrogens with one attached hydrogen (secondary N) is 1. The van der Waals surface area contributed by atoms with Gasteiger partial charge >= 0.3 is 0 Å². The van der Waals surface area contributed by atoms with Crippen molar-refractivity contribution in [1.29, 1.82) is 0 Å². The van der Waals surface area contributed by atoms with E-state index in [2.05, 4.69) is 10.3 Å². The van der Waals surface area contributed by atoms with Crippen LogP contribution in [-0.2, 0) is 0 Å². The van der Waals surface area contributed by atoms with Gasteiger partial charge in [-0.1, -0.05) is 23.7 Å². The number of nitrogens with zero attached hydrogens (tertiary/aromatic N) is 1. The summed E-state index contributed by atoms with van der Waals surface area (Å²) < 4.78 is 0. The molecule has 2 rings (SSSR count). The van der Waals surface area contributed by atoms with Gasteiger partial charge in [0.15, 0.2) is 0 Å². The van der Waals surface area contributed by atoms with Gasteiger partial charge in [-0.25, -0.2) is 4.98 Å². The minimum atomic E-state index is -0.158. The number of rotatable bonds is 2. The van der Waals surface area contributed by atoms with Gasteiger partial charge in [-0.05, 0) is 32.4 Å². The first-order chi connectivity index (χ1) is 8.49. The third-order valence-corrected chi connectivity index (χ3v) is 3.96. The van der Waals surface area contributed by atoms with Gasteiger partial charge in [-0.2, -0.15) is 0 Å². The van der Waals surface area contributed by atoms with Crippen LogP contribution in [0.1, 0.15) is 25.9 Å². The molecular weight excluding hydrogens is 268 g/mol. The van der Waals surface area contributed by atoms with Crippen molar-refractivity contribution < 1.29 is 4.79 Å². The molecule has 1 amide bonds. The first kappa shape index (κ1) is 13.1. The second-order valence-corrected chi connectivity index (χ2v) is 5.64. The summed E-state index contributed by atoms with van der Waals surface area (Å²) in [6, 6.07) is 5.52. The molecule has 0 atom stereocenters. The molecule has 0 radical (unpaired) electrons. The topological polar surface area (TPSA) is 42.0 Å². The molecule has 18 heavy (non-hydrogen) atoms. The third-order valence-electron chi connectivity index (χ3n) is 2.57. The van der Waals surface area contributed by atoms with Crippen LogP contribution in [0.25, 0.3) is 0 Å². The number of amides is 1. The number of benzene rings is 1. The SMILES string of the molecule is Cc1nc(C)c(C(=O)Nc2c(C)cccc2Cl)s1. The van der Waals surface area contributed by atoms with Gasteiger partial charge in [0.2, 0.25) is 0 Å². The Morgan fingerprint density at radius 3 is 2.61 bits per heavy atom. The molecule has 0 spiro atoms. The minimum Gasteiger partial charge on any atom is -0.320 e. The van der Waals surface area contributed by atoms with Gasteiger partial charge in [0.05, 0.1) is 21.4 Å². The Hall–Kier alpha value is -1.39. The molecule has 0 aliphatic rings. The molecule has 2 aromatic rings. The van der Waals surface area contributed by atoms with Gasteiger partial charge in [0, 0.05) is 0 Å². The van der Waals surface area contributed by atoms with Crippen molar-refractivity contribution in [2.45, 2.75) is 20.8 Å². The number of hydrogen-bond donors (Lipinski definition) is 1. The molecule has 0 unspecified atom stereocenters. The van der Waals surface area contributed by atoms with Crippen molar-refractivity contribution in [3.05, 3.63) is 44.4 Å². The van der Waals surface area contributed by atoms with Crippen molar-refractivity contribution >= 4 is 34.5 Å². The van der Waals surface area contributed by atoms with E-state index in [0.717, 1.165) is 16.3 Å². The number of hydrogen-bond acceptors (Lipinski definition) is 3. The van der Waals surface area contributed by atoms with E-state index in [0.29, 0.717) is 15.6 Å². The van der Waals surface area contributed by atoms with Crippen LogP contribution in [0.2, 0.25) is 5.02 Å². The number of halogens is 1. The first-order valence-electron chi connectivity index (χ1n) is 5.49. The molecule has 1 heterocycles. The Labute approximate surface area is 115 Å². The molecule has 5 heteroatoms. The molecule has 3 nitrogen and oxygen atoms in total. The summed E-state index contributed by atoms with van der Waals surface area (Å²) in [6.07, 6.45) is 0. The number of para-hydroxylation sites is 1. The molecule has 0 saturated heterocycles. The molecule has 1 aromatic heterocycles. The van der Waals surface area contributed by atoms with Crippen LogP contribution >= 0.6 is 22.9 Å². The summed E-state index contributed by atoms with van der Waals surface area (Å²) in [5, 5.41) is 4.28. The predicted molar refractivity (Wildman–Crippen MR) is 75.7 cm³/mol. The molecule has 0 fully saturated rings. The summed E-state index contributed by atoms with van der Waals surface area (Å²) in [6.45, 7) is 5.62. The van der Waals surface area contributed by atoms with Crippen LogP contribution in [0.15, 0.2) is 18.2 Å². The average molecular weight is 281 g/mol. The quantitative estimate of drug-likeness (QED) is 0.904. The Morgan fingerprint density at radius 1 is 1.33 bits per heavy atom. The second kappa shape index (κ2) is 5.08. The lowest BCUT2D eigenvalue weighted by Crippen LogP contribution is -2.12. The van der Waals surface area contributed by atoms with Gasteiger partial charge in [0.1, 0.15) is 4.88 Å². The number of thiazole rings is 1. The van der Waals surface area contributed by atoms with Crippen LogP contribution < -0.4 is 5.32 Å². The van der Waals surface area contributed by atoms with Crippen LogP contribution in [0.3, 0.4) is 0 Å². The summed E-state index contributed by atoms with van der Waals surface area (Å²) in [4.78, 5) is 17.0. The summed E-state index contributed by atoms with van der Waals surface area (Å²) >= 11 is 7.47. The van der Waals surface area contributed by atoms with E-state index >= 15 is 0 Å². The van der Waals surface area contributed by atoms with E-state index in [9.17, 15) is 4.79 Å². The van der Waals surface area contributed by atoms with E-state index in [1.807, 2.05) is 32.9 Å². The van der Waals surface area contributed by atoms with E-state index in [-0.39, 0.29) is 5.91 Å². The van der Waals surface area contributed by atoms with Crippen molar-refractivity contribution in [2.24, 2.45) is 0 Å². The highest BCUT2D eigenvalue weighted by atomic mass is 35.5. The van der Waals surface area contributed by atoms with Crippen molar-refractivity contribution in [3.8, 4) is 0 Å². The summed E-state index contributed by atoms with van der Waals surface area (Å²) in [5.74, 6) is -0.158. The third kappa shape index (κ3) is 2.54. The molecule has 1 N–H and O–H groups in total. The smallest absolute Gasteiger partial charge is 0.267 e. The van der Waals surface area contributed by atoms with Crippen molar-refractivity contribution in [1.82, 2.24) is 4.98 Å². The Kier molecular flexibility index (Phi) is 3.68. The zero-order chi connectivity index (χ0) is 13.3. The number of carbonyl (C=O) groups excluding carboxylic acids is 1. The van der Waals surface area contributed by atoms with Crippen LogP contribution in [0, 0.1) is 20.8 Å². The Balaban J connectivity index is 2.30. The van der Waals surface area contributed by atoms with E-state index < -0.39 is 0 Å². The first-order valence-corrected chi connectivity index (χ1v) is 6.69. The fraction of sp³-hybridized carbons (Fsp3) is 0.231. The normalized spacial score (nSPS) is 10.4. The van der Waals surface area contributed by atoms with Gasteiger partial charge in [-0.3, -0.25) is 4.79 Å². The minimum absolute atomic E-state index is 0.158. The van der Waals surface area contributed by atoms with E-state index in [1.54, 1.807) is 6.07 Å². The fourth-order valence-electron chi connectivity index (χ4n) is 1.70. The lowest BCUT2D eigenvalue weighted by molar-refractivity contribution is 0.102. The highest BCUT2D eigenvalue weighted by Crippen LogP contribution is 2.27. The predicted octanol–water partition coefficient (Wildman–Crippen LogP) is 3.97. The van der Waals surface area contributed by atoms with Crippen LogP contribution in [0.5, 0.6) is 0 Å². The molecule has 1 aromatic carbocycles. The van der Waals surface area contributed by atoms with Crippen molar-refractivity contribution in [2.75, 3.05) is 5.32 Å². The fourth-order valence-corrected chi connectivity index (χ4v) is 2.79. The number of aryl methyl sites for hydroxylation is 3.